The number of unbranched alkanes of at least 4 members (excludes halogenated alkanes) is 1. The molecule has 240 valence electrons. The molecule has 2 N–H and O–H groups in total. The van der Waals surface area contributed by atoms with Crippen molar-refractivity contribution in [1.29, 1.82) is 0 Å². The first-order chi connectivity index (χ1) is 21.9. The Morgan fingerprint density at radius 3 is 2.11 bits per heavy atom. The molecule has 4 aromatic rings. The Labute approximate surface area is 261 Å². The highest BCUT2D eigenvalue weighted by atomic mass is 19.2. The summed E-state index contributed by atoms with van der Waals surface area (Å²) >= 11 is 0. The Morgan fingerprint density at radius 2 is 1.50 bits per heavy atom. The molecule has 6 nitrogen and oxygen atoms in total. The first-order valence-corrected chi connectivity index (χ1v) is 14.7. The number of nitrogens with zero attached hydrogens (tertiary/aromatic N) is 1. The van der Waals surface area contributed by atoms with Crippen molar-refractivity contribution in [2.45, 2.75) is 58.4 Å². The molecule has 0 saturated heterocycles. The van der Waals surface area contributed by atoms with Crippen LogP contribution in [0.2, 0.25) is 0 Å². The summed E-state index contributed by atoms with van der Waals surface area (Å²) in [5, 5.41) is 19.9. The number of ether oxygens (including phenoxy) is 1. The number of fused-ring (bicyclic) bond motifs is 1. The van der Waals surface area contributed by atoms with Gasteiger partial charge < -0.3 is 19.5 Å². The number of carbonyl (C=O) groups is 2. The molecule has 0 bridgehead atoms. The van der Waals surface area contributed by atoms with Gasteiger partial charge in [0.2, 0.25) is 5.82 Å². The van der Waals surface area contributed by atoms with E-state index >= 15 is 0 Å². The molecule has 3 aromatic carbocycles. The minimum atomic E-state index is -2.18. The maximum atomic E-state index is 13.8. The third-order valence-electron chi connectivity index (χ3n) is 8.39. The monoisotopic (exact) mass is 639 g/mol. The van der Waals surface area contributed by atoms with Crippen LogP contribution in [0.15, 0.2) is 42.5 Å². The van der Waals surface area contributed by atoms with Gasteiger partial charge in [-0.1, -0.05) is 24.0 Å². The normalized spacial score (nSPS) is 13.3. The van der Waals surface area contributed by atoms with Crippen molar-refractivity contribution in [2.24, 2.45) is 5.41 Å². The fourth-order valence-corrected chi connectivity index (χ4v) is 5.79. The molecule has 11 heteroatoms. The highest BCUT2D eigenvalue weighted by molar-refractivity contribution is 5.91. The zero-order valence-electron chi connectivity index (χ0n) is 24.9. The van der Waals surface area contributed by atoms with Crippen molar-refractivity contribution in [3.05, 3.63) is 99.5 Å². The zero-order valence-corrected chi connectivity index (χ0v) is 24.9. The van der Waals surface area contributed by atoms with Crippen LogP contribution in [0.5, 0.6) is 5.75 Å². The summed E-state index contributed by atoms with van der Waals surface area (Å²) in [6.45, 7) is 1.74. The number of hydrogen-bond acceptors (Lipinski definition) is 3. The summed E-state index contributed by atoms with van der Waals surface area (Å²) in [7, 11) is 0. The van der Waals surface area contributed by atoms with Gasteiger partial charge in [-0.3, -0.25) is 9.59 Å². The number of para-hydroxylation sites is 1. The molecule has 0 radical (unpaired) electrons. The number of carboxylic acids is 2. The SMILES string of the molecule is Cc1c(CC2(CC(=O)O)CC2)c2cccc(C#Cc3ccc(OCCCCc4c(F)c(F)c(F)c(F)c4F)cc3)c2n1CC(=O)O. The van der Waals surface area contributed by atoms with Crippen LogP contribution >= 0.6 is 0 Å². The number of hydrogen-bond donors (Lipinski definition) is 2. The van der Waals surface area contributed by atoms with E-state index in [2.05, 4.69) is 11.8 Å². The van der Waals surface area contributed by atoms with E-state index in [0.29, 0.717) is 35.2 Å². The van der Waals surface area contributed by atoms with Crippen LogP contribution in [0.4, 0.5) is 22.0 Å². The highest BCUT2D eigenvalue weighted by Gasteiger charge is 2.45. The average molecular weight is 640 g/mol. The van der Waals surface area contributed by atoms with Gasteiger partial charge >= 0.3 is 11.9 Å². The number of rotatable bonds is 12. The Hall–Kier alpha value is -4.85. The third-order valence-corrected chi connectivity index (χ3v) is 8.39. The maximum absolute atomic E-state index is 13.8. The quantitative estimate of drug-likeness (QED) is 0.0558. The molecule has 1 aliphatic rings. The standard InChI is InChI=1S/C35H30F5NO5/c1-20-26(17-35(14-15-35)18-27(42)43)24-7-4-5-22(34(24)41(20)19-28(44)45)11-8-21-9-12-23(13-10-21)46-16-3-2-6-25-29(36)31(38)33(40)32(39)30(25)37/h4-5,7,9-10,12-13H,2-3,6,14-19H2,1H3,(H,42,43)(H,44,45). The molecule has 1 saturated carbocycles. The lowest BCUT2D eigenvalue weighted by atomic mass is 9.91. The summed E-state index contributed by atoms with van der Waals surface area (Å²) in [6, 6.07) is 12.4. The van der Waals surface area contributed by atoms with Crippen molar-refractivity contribution < 1.29 is 46.5 Å². The molecule has 1 aromatic heterocycles. The first kappa shape index (κ1) is 32.5. The molecule has 1 fully saturated rings. The van der Waals surface area contributed by atoms with Crippen molar-refractivity contribution in [3.8, 4) is 17.6 Å². The Morgan fingerprint density at radius 1 is 0.848 bits per heavy atom. The van der Waals surface area contributed by atoms with Gasteiger partial charge in [0.15, 0.2) is 23.3 Å². The lowest BCUT2D eigenvalue weighted by molar-refractivity contribution is -0.139. The molecule has 0 atom stereocenters. The topological polar surface area (TPSA) is 88.8 Å². The number of carboxylic acid groups (broad SMARTS) is 2. The van der Waals surface area contributed by atoms with Crippen LogP contribution in [0.1, 0.15) is 60.1 Å². The van der Waals surface area contributed by atoms with Gasteiger partial charge in [-0.15, -0.1) is 0 Å². The van der Waals surface area contributed by atoms with E-state index in [1.54, 1.807) is 28.8 Å². The summed E-state index contributed by atoms with van der Waals surface area (Å²) in [5.74, 6) is -4.86. The smallest absolute Gasteiger partial charge is 0.323 e. The van der Waals surface area contributed by atoms with E-state index in [1.807, 2.05) is 25.1 Å². The summed E-state index contributed by atoms with van der Waals surface area (Å²) in [6.07, 6.45) is 2.33. The van der Waals surface area contributed by atoms with Gasteiger partial charge in [0.05, 0.1) is 18.5 Å². The number of halogens is 5. The van der Waals surface area contributed by atoms with Crippen LogP contribution in [-0.4, -0.2) is 33.3 Å². The largest absolute Gasteiger partial charge is 0.494 e. The van der Waals surface area contributed by atoms with E-state index in [0.717, 1.165) is 29.5 Å². The van der Waals surface area contributed by atoms with Crippen LogP contribution in [-0.2, 0) is 29.0 Å². The van der Waals surface area contributed by atoms with E-state index in [-0.39, 0.29) is 37.8 Å². The highest BCUT2D eigenvalue weighted by Crippen LogP contribution is 2.52. The molecule has 0 amide bonds. The fraction of sp³-hybridized carbons (Fsp3) is 0.314. The molecular formula is C35H30F5NO5. The summed E-state index contributed by atoms with van der Waals surface area (Å²) in [5.41, 5.74) is 2.52. The molecule has 0 spiro atoms. The van der Waals surface area contributed by atoms with Gasteiger partial charge in [-0.25, -0.2) is 22.0 Å². The summed E-state index contributed by atoms with van der Waals surface area (Å²) in [4.78, 5) is 23.2. The van der Waals surface area contributed by atoms with E-state index in [4.69, 9.17) is 4.74 Å². The van der Waals surface area contributed by atoms with Crippen LogP contribution in [0.3, 0.4) is 0 Å². The van der Waals surface area contributed by atoms with Crippen LogP contribution in [0.25, 0.3) is 10.9 Å². The Kier molecular flexibility index (Phi) is 9.37. The second-order valence-corrected chi connectivity index (χ2v) is 11.6. The average Bonchev–Trinajstić information content (AvgIpc) is 3.73. The van der Waals surface area contributed by atoms with Crippen molar-refractivity contribution in [1.82, 2.24) is 4.57 Å². The number of benzene rings is 3. The Bertz CT molecular complexity index is 1850. The first-order valence-electron chi connectivity index (χ1n) is 14.7. The zero-order chi connectivity index (χ0) is 33.2. The predicted octanol–water partition coefficient (Wildman–Crippen LogP) is 7.33. The third kappa shape index (κ3) is 6.86. The molecule has 5 rings (SSSR count). The van der Waals surface area contributed by atoms with Gasteiger partial charge in [-0.05, 0) is 86.8 Å². The van der Waals surface area contributed by atoms with Crippen molar-refractivity contribution >= 4 is 22.8 Å². The lowest BCUT2D eigenvalue weighted by Gasteiger charge is -2.13. The molecular weight excluding hydrogens is 609 g/mol. The predicted molar refractivity (Wildman–Crippen MR) is 159 cm³/mol. The number of aromatic nitrogens is 1. The molecule has 1 heterocycles. The van der Waals surface area contributed by atoms with E-state index in [9.17, 15) is 41.8 Å². The maximum Gasteiger partial charge on any atom is 0.323 e. The second kappa shape index (κ2) is 13.3. The van der Waals surface area contributed by atoms with Crippen molar-refractivity contribution in [2.75, 3.05) is 6.61 Å². The van der Waals surface area contributed by atoms with Gasteiger partial charge in [0.1, 0.15) is 12.3 Å². The van der Waals surface area contributed by atoms with Gasteiger partial charge in [-0.2, -0.15) is 0 Å². The summed E-state index contributed by atoms with van der Waals surface area (Å²) < 4.78 is 75.0. The minimum Gasteiger partial charge on any atom is -0.494 e. The number of aliphatic carboxylic acids is 2. The van der Waals surface area contributed by atoms with Gasteiger partial charge in [0.25, 0.3) is 0 Å². The fourth-order valence-electron chi connectivity index (χ4n) is 5.79. The van der Waals surface area contributed by atoms with Crippen LogP contribution in [0, 0.1) is 53.3 Å². The lowest BCUT2D eigenvalue weighted by Crippen LogP contribution is -2.13. The minimum absolute atomic E-state index is 0.0651. The molecule has 0 unspecified atom stereocenters. The Balaban J connectivity index is 1.27. The molecule has 0 aliphatic heterocycles. The van der Waals surface area contributed by atoms with E-state index < -0.39 is 46.6 Å². The van der Waals surface area contributed by atoms with Gasteiger partial charge in [0, 0.05) is 27.8 Å². The second-order valence-electron chi connectivity index (χ2n) is 11.6. The van der Waals surface area contributed by atoms with E-state index in [1.165, 1.54) is 0 Å². The molecule has 1 aliphatic carbocycles. The molecule has 46 heavy (non-hydrogen) atoms. The van der Waals surface area contributed by atoms with Crippen molar-refractivity contribution in [3.63, 3.8) is 0 Å². The van der Waals surface area contributed by atoms with Crippen LogP contribution < -0.4 is 4.74 Å².